The Morgan fingerprint density at radius 1 is 0.197 bits per heavy atom. The first-order valence-corrected chi connectivity index (χ1v) is 54.1. The van der Waals surface area contributed by atoms with Crippen LogP contribution in [0.15, 0.2) is 558 Å². The molecule has 0 fully saturated rings. The van der Waals surface area contributed by atoms with Crippen LogP contribution < -0.4 is 82.4 Å². The monoisotopic (exact) mass is 1760 g/mol. The van der Waals surface area contributed by atoms with Crippen LogP contribution in [0.3, 0.4) is 0 Å². The highest BCUT2D eigenvalue weighted by Gasteiger charge is 2.44. The lowest BCUT2D eigenvalue weighted by Crippen LogP contribution is -2.74. The second-order valence-electron chi connectivity index (χ2n) is 33.9. The number of H-pyrrole nitrogens is 1. The number of pyridine rings is 1. The molecule has 2 heterocycles. The van der Waals surface area contributed by atoms with E-state index in [-0.39, 0.29) is 0 Å². The van der Waals surface area contributed by atoms with Crippen molar-refractivity contribution in [3.05, 3.63) is 581 Å². The number of fused-ring (bicyclic) bond motifs is 1. The quantitative estimate of drug-likeness (QED) is 0.0488. The van der Waals surface area contributed by atoms with Gasteiger partial charge in [-0.2, -0.15) is 4.57 Å². The second-order valence-corrected chi connectivity index (χ2v) is 49.3. The number of hydrogen-bond donors (Lipinski definition) is 1. The number of aromatic nitrogens is 3. The zero-order chi connectivity index (χ0) is 90.2. The van der Waals surface area contributed by atoms with Gasteiger partial charge in [-0.1, -0.05) is 533 Å². The molecule has 0 radical (unpaired) electrons. The van der Waals surface area contributed by atoms with Gasteiger partial charge in [0.2, 0.25) is 0 Å². The summed E-state index contributed by atoms with van der Waals surface area (Å²) in [6.45, 7) is 10.9. The summed E-state index contributed by atoms with van der Waals surface area (Å²) in [7, 11) is -8.98. The number of nitrogens with zero attached hydrogens (tertiary/aromatic N) is 2. The van der Waals surface area contributed by atoms with Gasteiger partial charge in [-0.15, -0.1) is 0 Å². The zero-order valence-corrected chi connectivity index (χ0v) is 79.5. The van der Waals surface area contributed by atoms with Gasteiger partial charge in [-0.25, -0.2) is 4.98 Å². The Morgan fingerprint density at radius 3 is 0.795 bits per heavy atom. The molecule has 0 saturated heterocycles. The van der Waals surface area contributed by atoms with E-state index in [4.69, 9.17) is 0 Å². The number of imidazole rings is 1. The van der Waals surface area contributed by atoms with Crippen molar-refractivity contribution in [1.29, 1.82) is 0 Å². The molecule has 21 rings (SSSR count). The van der Waals surface area contributed by atoms with Crippen LogP contribution in [0.5, 0.6) is 0 Å². The topological polar surface area (TPSA) is 32.6 Å². The molecule has 21 aromatic rings. The van der Waals surface area contributed by atoms with Crippen LogP contribution in [0.2, 0.25) is 6.55 Å². The van der Waals surface area contributed by atoms with Gasteiger partial charge in [0, 0.05) is 17.5 Å². The maximum Gasteiger partial charge on any atom is 0.292 e. The number of hydrogen-bond acceptors (Lipinski definition) is 1. The Labute approximate surface area is 783 Å². The lowest BCUT2D eigenvalue weighted by Gasteiger charge is -2.34. The Hall–Kier alpha value is -15.3. The van der Waals surface area contributed by atoms with Crippen LogP contribution in [0.1, 0.15) is 22.4 Å². The number of benzene rings is 19. The fraction of sp³-hybridized carbons (Fsp3) is 0.0400. The predicted molar refractivity (Wildman–Crippen MR) is 573 cm³/mol. The van der Waals surface area contributed by atoms with E-state index in [2.05, 4.69) is 588 Å². The van der Waals surface area contributed by atoms with E-state index in [1.165, 1.54) is 122 Å². The number of aryl methyl sites for hydroxylation is 4. The Bertz CT molecular complexity index is 6750. The average molecular weight is 1760 g/mol. The molecule has 3 nitrogen and oxygen atoms in total. The van der Waals surface area contributed by atoms with Gasteiger partial charge in [-0.3, -0.25) is 4.98 Å². The van der Waals surface area contributed by atoms with Crippen molar-refractivity contribution in [1.82, 2.24) is 9.97 Å². The van der Waals surface area contributed by atoms with Crippen molar-refractivity contribution < 1.29 is 4.57 Å². The van der Waals surface area contributed by atoms with Gasteiger partial charge in [0.25, 0.3) is 5.82 Å². The van der Waals surface area contributed by atoms with E-state index in [9.17, 15) is 0 Å². The average Bonchev–Trinajstić information content (AvgIpc) is 1.12. The van der Waals surface area contributed by atoms with Gasteiger partial charge < -0.3 is 0 Å². The third-order valence-corrected chi connectivity index (χ3v) is 44.4. The minimum Gasteiger partial charge on any atom is -0.261 e. The van der Waals surface area contributed by atoms with E-state index in [1.807, 2.05) is 19.2 Å². The summed E-state index contributed by atoms with van der Waals surface area (Å²) in [5.74, 6) is 1.09. The number of rotatable bonds is 19. The third-order valence-electron chi connectivity index (χ3n) is 25.6. The molecule has 0 aliphatic rings. The zero-order valence-electron chi connectivity index (χ0n) is 75.5. The maximum atomic E-state index is 4.48. The highest BCUT2D eigenvalue weighted by molar-refractivity contribution is 7.21. The number of para-hydroxylation sites is 2. The molecule has 0 aliphatic carbocycles. The molecule has 0 atom stereocenters. The molecular formula is C125H108N3Si4+. The molecule has 0 aliphatic heterocycles. The highest BCUT2D eigenvalue weighted by Crippen LogP contribution is 2.27. The fourth-order valence-electron chi connectivity index (χ4n) is 19.0. The van der Waals surface area contributed by atoms with Crippen molar-refractivity contribution in [2.75, 3.05) is 0 Å². The van der Waals surface area contributed by atoms with Crippen molar-refractivity contribution in [3.63, 3.8) is 0 Å². The summed E-state index contributed by atoms with van der Waals surface area (Å²) < 4.78 is 2.30. The molecule has 0 saturated carbocycles. The Balaban J connectivity index is 0.000000116. The van der Waals surface area contributed by atoms with E-state index in [1.54, 1.807) is 0 Å². The molecule has 132 heavy (non-hydrogen) atoms. The van der Waals surface area contributed by atoms with Gasteiger partial charge in [-0.05, 0) is 165 Å². The minimum atomic E-state index is -2.45. The largest absolute Gasteiger partial charge is 0.292 e. The molecule has 638 valence electrons. The van der Waals surface area contributed by atoms with Gasteiger partial charge >= 0.3 is 0 Å². The van der Waals surface area contributed by atoms with Crippen molar-refractivity contribution in [2.24, 2.45) is 0 Å². The lowest BCUT2D eigenvalue weighted by molar-refractivity contribution is -0.554. The number of nitrogens with one attached hydrogen (secondary N) is 1. The molecule has 1 N–H and O–H groups in total. The van der Waals surface area contributed by atoms with Crippen LogP contribution in [-0.4, -0.2) is 42.3 Å². The molecule has 19 aromatic carbocycles. The van der Waals surface area contributed by atoms with Gasteiger partial charge in [0.1, 0.15) is 13.8 Å². The minimum absolute atomic E-state index is 1.04. The molecular weight excluding hydrogens is 1660 g/mol. The molecule has 0 bridgehead atoms. The number of aromatic amines is 1. The van der Waals surface area contributed by atoms with E-state index in [0.717, 1.165) is 28.3 Å². The van der Waals surface area contributed by atoms with E-state index >= 15 is 0 Å². The fourth-order valence-corrected chi connectivity index (χ4v) is 36.9. The van der Waals surface area contributed by atoms with Crippen molar-refractivity contribution in [3.8, 4) is 39.3 Å². The van der Waals surface area contributed by atoms with Crippen LogP contribution in [0.4, 0.5) is 0 Å². The molecule has 0 unspecified atom stereocenters. The second kappa shape index (κ2) is 42.3. The summed E-state index contributed by atoms with van der Waals surface area (Å²) in [5, 5.41) is 21.3. The third kappa shape index (κ3) is 19.2. The lowest BCUT2D eigenvalue weighted by atomic mass is 10.1. The van der Waals surface area contributed by atoms with Crippen molar-refractivity contribution >= 4 is 121 Å². The first-order chi connectivity index (χ1) is 65.0. The Morgan fingerprint density at radius 2 is 0.455 bits per heavy atom. The summed E-state index contributed by atoms with van der Waals surface area (Å²) in [6.07, 6.45) is 1.96. The summed E-state index contributed by atoms with van der Waals surface area (Å²) >= 11 is 0. The first kappa shape index (κ1) is 88.7. The Kier molecular flexibility index (Phi) is 28.4. The smallest absolute Gasteiger partial charge is 0.261 e. The van der Waals surface area contributed by atoms with Crippen LogP contribution in [0.25, 0.3) is 50.4 Å². The summed E-state index contributed by atoms with van der Waals surface area (Å²) in [6, 6.07) is 200. The van der Waals surface area contributed by atoms with Crippen LogP contribution in [0, 0.1) is 27.7 Å². The molecule has 0 spiro atoms. The van der Waals surface area contributed by atoms with Crippen molar-refractivity contribution in [2.45, 2.75) is 34.2 Å². The van der Waals surface area contributed by atoms with E-state index < -0.39 is 32.3 Å². The maximum absolute atomic E-state index is 4.48. The SMILES string of the molecule is C[Si](c1ccccc1)(c1ccccc1)c1ccccc1.Cc1ccc(-c2ccc([Si](c3ccccc3)(c3ccccc3)c3ccccc3)cc2)cn1.Cc1ccc([Si](c2ccccc2)(c2ccccc2)c2ccccc2)cc1.Cc1cccc(-c2[nH]c3ccccc3[n+]2-c2ccc(-c3ccccc3)cc2)c1.Cc1cccc([Si](c2ccccc2)(c2ccccc2)c2ccccc2)c1. The van der Waals surface area contributed by atoms with Gasteiger partial charge in [0.15, 0.2) is 35.3 Å². The summed E-state index contributed by atoms with van der Waals surface area (Å²) in [5.41, 5.74) is 14.3. The predicted octanol–water partition coefficient (Wildman–Crippen LogP) is 20.1. The molecule has 7 heteroatoms. The molecule has 2 aromatic heterocycles. The van der Waals surface area contributed by atoms with Crippen LogP contribution in [-0.2, 0) is 0 Å². The highest BCUT2D eigenvalue weighted by atomic mass is 28.3. The van der Waals surface area contributed by atoms with E-state index in [0.29, 0.717) is 0 Å². The summed E-state index contributed by atoms with van der Waals surface area (Å²) in [4.78, 5) is 8.09. The normalized spacial score (nSPS) is 11.2. The standard InChI is InChI=1S/C30H25NSi.C26H20N2.2C25H22Si.C19H18Si/c1-24-17-18-26(23-31-24)25-19-21-30(22-20-25)32(27-11-5-2-6-12-27,28-13-7-3-8-14-28)29-15-9-4-10-16-29;1-19-8-7-11-22(18-19)26-27-24-12-5-6-13-25(24)28(26)23-16-14-21(15-17-23)20-9-3-2-4-10-20;1-21-12-11-19-25(20-21)26(22-13-5-2-6-14-22,23-15-7-3-8-16-23)24-17-9-4-10-18-24;1-21-17-19-25(20-18-21)26(22-11-5-2-6-12-22,23-13-7-3-8-14-23)24-15-9-4-10-16-24;1-20(17-11-5-2-6-12-17,18-13-7-3-8-14-18)19-15-9-4-10-16-19/h2-23H,1H3;2-18H,1H3;2*2-20H,1H3;2-16H,1H3/p+1. The first-order valence-electron chi connectivity index (χ1n) is 45.6. The molecule has 0 amide bonds. The van der Waals surface area contributed by atoms with Crippen LogP contribution >= 0.6 is 0 Å². The van der Waals surface area contributed by atoms with Gasteiger partial charge in [0.05, 0.1) is 5.56 Å².